The van der Waals surface area contributed by atoms with Crippen LogP contribution in [0.25, 0.3) is 0 Å². The average Bonchev–Trinajstić information content (AvgIpc) is 2.74. The van der Waals surface area contributed by atoms with Gasteiger partial charge in [-0.2, -0.15) is 0 Å². The molecule has 1 aliphatic rings. The molecule has 0 radical (unpaired) electrons. The van der Waals surface area contributed by atoms with Gasteiger partial charge < -0.3 is 10.2 Å². The molecule has 28 heavy (non-hydrogen) atoms. The van der Waals surface area contributed by atoms with Crippen molar-refractivity contribution in [2.45, 2.75) is 44.4 Å². The van der Waals surface area contributed by atoms with Crippen LogP contribution >= 0.6 is 11.8 Å². The molecule has 4 nitrogen and oxygen atoms in total. The molecular formula is C23H28N2O2S. The lowest BCUT2D eigenvalue weighted by Gasteiger charge is -2.35. The van der Waals surface area contributed by atoms with Crippen LogP contribution in [0.3, 0.4) is 0 Å². The standard InChI is InChI=1S/C23H28N2O2S/c1-2-21-10-6-7-15-25(21)23(27)19-13-11-18(12-14-19)16-28-17-22(26)24-20-8-4-3-5-9-20/h3-5,8-9,11-14,21H,2,6-7,10,15-17H2,1H3,(H,24,26). The summed E-state index contributed by atoms with van der Waals surface area (Å²) in [5.41, 5.74) is 2.70. The SMILES string of the molecule is CCC1CCCCN1C(=O)c1ccc(CSCC(=O)Nc2ccccc2)cc1. The van der Waals surface area contributed by atoms with Crippen LogP contribution in [0.15, 0.2) is 54.6 Å². The smallest absolute Gasteiger partial charge is 0.254 e. The molecule has 2 aromatic carbocycles. The quantitative estimate of drug-likeness (QED) is 0.719. The van der Waals surface area contributed by atoms with Gasteiger partial charge >= 0.3 is 0 Å². The summed E-state index contributed by atoms with van der Waals surface area (Å²) < 4.78 is 0. The highest BCUT2D eigenvalue weighted by Gasteiger charge is 2.25. The van der Waals surface area contributed by atoms with Gasteiger partial charge in [-0.05, 0) is 55.5 Å². The monoisotopic (exact) mass is 396 g/mol. The second-order valence-electron chi connectivity index (χ2n) is 7.16. The Morgan fingerprint density at radius 3 is 2.54 bits per heavy atom. The second kappa shape index (κ2) is 10.3. The molecular weight excluding hydrogens is 368 g/mol. The fraction of sp³-hybridized carbons (Fsp3) is 0.391. The number of para-hydroxylation sites is 1. The molecule has 0 saturated carbocycles. The van der Waals surface area contributed by atoms with E-state index in [9.17, 15) is 9.59 Å². The first-order valence-corrected chi connectivity index (χ1v) is 11.2. The van der Waals surface area contributed by atoms with Crippen molar-refractivity contribution in [3.63, 3.8) is 0 Å². The Labute approximate surface area is 171 Å². The van der Waals surface area contributed by atoms with Gasteiger partial charge in [0.2, 0.25) is 5.91 Å². The summed E-state index contributed by atoms with van der Waals surface area (Å²) in [6.45, 7) is 3.02. The highest BCUT2D eigenvalue weighted by Crippen LogP contribution is 2.22. The zero-order chi connectivity index (χ0) is 19.8. The summed E-state index contributed by atoms with van der Waals surface area (Å²) in [4.78, 5) is 26.9. The van der Waals surface area contributed by atoms with Gasteiger partial charge in [-0.15, -0.1) is 11.8 Å². The van der Waals surface area contributed by atoms with Gasteiger partial charge in [0.05, 0.1) is 5.75 Å². The van der Waals surface area contributed by atoms with Crippen molar-refractivity contribution in [3.05, 3.63) is 65.7 Å². The third-order valence-electron chi connectivity index (χ3n) is 5.12. The largest absolute Gasteiger partial charge is 0.336 e. The normalized spacial score (nSPS) is 16.6. The average molecular weight is 397 g/mol. The zero-order valence-electron chi connectivity index (χ0n) is 16.4. The Morgan fingerprint density at radius 1 is 1.07 bits per heavy atom. The number of nitrogens with one attached hydrogen (secondary N) is 1. The molecule has 2 aromatic rings. The molecule has 0 aliphatic carbocycles. The summed E-state index contributed by atoms with van der Waals surface area (Å²) in [6.07, 6.45) is 4.45. The minimum absolute atomic E-state index is 0.00120. The molecule has 2 amide bonds. The van der Waals surface area contributed by atoms with Crippen molar-refractivity contribution >= 4 is 29.3 Å². The van der Waals surface area contributed by atoms with Crippen LogP contribution in [0.2, 0.25) is 0 Å². The second-order valence-corrected chi connectivity index (χ2v) is 8.15. The molecule has 3 rings (SSSR count). The topological polar surface area (TPSA) is 49.4 Å². The summed E-state index contributed by atoms with van der Waals surface area (Å²) in [5, 5.41) is 2.89. The van der Waals surface area contributed by atoms with E-state index < -0.39 is 0 Å². The molecule has 1 N–H and O–H groups in total. The number of carbonyl (C=O) groups is 2. The van der Waals surface area contributed by atoms with Crippen LogP contribution in [-0.4, -0.2) is 35.1 Å². The van der Waals surface area contributed by atoms with E-state index in [0.717, 1.165) is 48.4 Å². The Morgan fingerprint density at radius 2 is 1.82 bits per heavy atom. The van der Waals surface area contributed by atoms with E-state index in [1.165, 1.54) is 6.42 Å². The number of carbonyl (C=O) groups excluding carboxylic acids is 2. The highest BCUT2D eigenvalue weighted by atomic mass is 32.2. The van der Waals surface area contributed by atoms with Gasteiger partial charge in [0.1, 0.15) is 0 Å². The maximum absolute atomic E-state index is 12.8. The van der Waals surface area contributed by atoms with E-state index in [2.05, 4.69) is 12.2 Å². The van der Waals surface area contributed by atoms with Gasteiger partial charge in [-0.3, -0.25) is 9.59 Å². The maximum atomic E-state index is 12.8. The van der Waals surface area contributed by atoms with Crippen molar-refractivity contribution in [2.75, 3.05) is 17.6 Å². The molecule has 1 aliphatic heterocycles. The van der Waals surface area contributed by atoms with Crippen molar-refractivity contribution in [1.29, 1.82) is 0 Å². The predicted molar refractivity (Wildman–Crippen MR) is 117 cm³/mol. The Balaban J connectivity index is 1.47. The van der Waals surface area contributed by atoms with Gasteiger partial charge in [0.15, 0.2) is 0 Å². The first kappa shape index (κ1) is 20.5. The molecule has 0 bridgehead atoms. The lowest BCUT2D eigenvalue weighted by atomic mass is 9.98. The van der Waals surface area contributed by atoms with Gasteiger partial charge in [-0.1, -0.05) is 37.3 Å². The zero-order valence-corrected chi connectivity index (χ0v) is 17.2. The van der Waals surface area contributed by atoms with Crippen molar-refractivity contribution in [1.82, 2.24) is 4.90 Å². The van der Waals surface area contributed by atoms with Crippen LogP contribution in [-0.2, 0) is 10.5 Å². The molecule has 0 aromatic heterocycles. The summed E-state index contributed by atoms with van der Waals surface area (Å²) in [6, 6.07) is 17.7. The van der Waals surface area contributed by atoms with Crippen molar-refractivity contribution in [3.8, 4) is 0 Å². The molecule has 1 heterocycles. The third-order valence-corrected chi connectivity index (χ3v) is 6.12. The number of hydrogen-bond acceptors (Lipinski definition) is 3. The molecule has 5 heteroatoms. The fourth-order valence-corrected chi connectivity index (χ4v) is 4.37. The number of piperidine rings is 1. The first-order valence-electron chi connectivity index (χ1n) is 10.00. The molecule has 1 saturated heterocycles. The van der Waals surface area contributed by atoms with E-state index in [1.807, 2.05) is 59.5 Å². The Hall–Kier alpha value is -2.27. The number of benzene rings is 2. The van der Waals surface area contributed by atoms with Crippen LogP contribution in [0, 0.1) is 0 Å². The number of amides is 2. The summed E-state index contributed by atoms with van der Waals surface area (Å²) in [7, 11) is 0. The Bertz CT molecular complexity index is 777. The van der Waals surface area contributed by atoms with E-state index in [0.29, 0.717) is 11.8 Å². The summed E-state index contributed by atoms with van der Waals surface area (Å²) in [5.74, 6) is 1.30. The first-order chi connectivity index (χ1) is 13.7. The van der Waals surface area contributed by atoms with E-state index in [-0.39, 0.29) is 11.8 Å². The van der Waals surface area contributed by atoms with Crippen LogP contribution in [0.5, 0.6) is 0 Å². The van der Waals surface area contributed by atoms with Crippen molar-refractivity contribution in [2.24, 2.45) is 0 Å². The minimum Gasteiger partial charge on any atom is -0.336 e. The van der Waals surface area contributed by atoms with Gasteiger partial charge in [0.25, 0.3) is 5.91 Å². The molecule has 148 valence electrons. The Kier molecular flexibility index (Phi) is 7.54. The summed E-state index contributed by atoms with van der Waals surface area (Å²) >= 11 is 1.57. The minimum atomic E-state index is -0.00120. The molecule has 1 fully saturated rings. The number of rotatable bonds is 7. The predicted octanol–water partition coefficient (Wildman–Crippen LogP) is 4.96. The highest BCUT2D eigenvalue weighted by molar-refractivity contribution is 7.99. The third kappa shape index (κ3) is 5.61. The number of likely N-dealkylation sites (tertiary alicyclic amines) is 1. The van der Waals surface area contributed by atoms with E-state index >= 15 is 0 Å². The molecule has 1 atom stereocenters. The lowest BCUT2D eigenvalue weighted by molar-refractivity contribution is -0.113. The van der Waals surface area contributed by atoms with Crippen LogP contribution in [0.4, 0.5) is 5.69 Å². The van der Waals surface area contributed by atoms with E-state index in [1.54, 1.807) is 11.8 Å². The lowest BCUT2D eigenvalue weighted by Crippen LogP contribution is -2.43. The van der Waals surface area contributed by atoms with Gasteiger partial charge in [-0.25, -0.2) is 0 Å². The molecule has 0 spiro atoms. The number of thioether (sulfide) groups is 1. The number of anilines is 1. The van der Waals surface area contributed by atoms with Crippen LogP contribution < -0.4 is 5.32 Å². The number of hydrogen-bond donors (Lipinski definition) is 1. The molecule has 1 unspecified atom stereocenters. The van der Waals surface area contributed by atoms with Crippen molar-refractivity contribution < 1.29 is 9.59 Å². The maximum Gasteiger partial charge on any atom is 0.254 e. The van der Waals surface area contributed by atoms with Gasteiger partial charge in [0, 0.05) is 29.6 Å². The van der Waals surface area contributed by atoms with Crippen LogP contribution in [0.1, 0.15) is 48.5 Å². The van der Waals surface area contributed by atoms with E-state index in [4.69, 9.17) is 0 Å². The number of nitrogens with zero attached hydrogens (tertiary/aromatic N) is 1. The fourth-order valence-electron chi connectivity index (χ4n) is 3.58.